The summed E-state index contributed by atoms with van der Waals surface area (Å²) in [6.07, 6.45) is 4.55. The van der Waals surface area contributed by atoms with Crippen LogP contribution in [0.3, 0.4) is 0 Å². The number of nitrogens with one attached hydrogen (secondary N) is 1. The van der Waals surface area contributed by atoms with Gasteiger partial charge in [-0.2, -0.15) is 5.10 Å². The van der Waals surface area contributed by atoms with Crippen LogP contribution in [0.2, 0.25) is 0 Å². The summed E-state index contributed by atoms with van der Waals surface area (Å²) in [6.45, 7) is 6.19. The maximum atomic E-state index is 11.3. The zero-order chi connectivity index (χ0) is 17.3. The van der Waals surface area contributed by atoms with Crippen LogP contribution in [0.15, 0.2) is 0 Å². The summed E-state index contributed by atoms with van der Waals surface area (Å²) >= 11 is 0. The van der Waals surface area contributed by atoms with Gasteiger partial charge in [0, 0.05) is 32.2 Å². The van der Waals surface area contributed by atoms with E-state index in [1.54, 1.807) is 18.7 Å². The van der Waals surface area contributed by atoms with Crippen molar-refractivity contribution in [3.63, 3.8) is 0 Å². The molecule has 134 valence electrons. The Hall–Kier alpha value is -1.67. The molecule has 0 radical (unpaired) electrons. The topological polar surface area (TPSA) is 79.5 Å². The third-order valence-electron chi connectivity index (χ3n) is 5.45. The minimum Gasteiger partial charge on any atom is -0.362 e. The molecule has 24 heavy (non-hydrogen) atoms. The number of likely N-dealkylation sites (tertiary alicyclic amines) is 2. The van der Waals surface area contributed by atoms with Crippen LogP contribution in [-0.4, -0.2) is 69.8 Å². The highest BCUT2D eigenvalue weighted by Gasteiger charge is 2.30. The van der Waals surface area contributed by atoms with Gasteiger partial charge in [-0.1, -0.05) is 0 Å². The van der Waals surface area contributed by atoms with Crippen molar-refractivity contribution in [1.29, 1.82) is 0 Å². The van der Waals surface area contributed by atoms with E-state index in [1.807, 2.05) is 0 Å². The maximum Gasteiger partial charge on any atom is 0.333 e. The monoisotopic (exact) mass is 336 g/mol. The van der Waals surface area contributed by atoms with Crippen LogP contribution in [0.25, 0.3) is 0 Å². The number of hydrogen-bond acceptors (Lipinski definition) is 6. The number of aryl methyl sites for hydroxylation is 2. The highest BCUT2D eigenvalue weighted by Crippen LogP contribution is 2.30. The molecule has 3 rings (SSSR count). The van der Waals surface area contributed by atoms with Crippen molar-refractivity contribution in [1.82, 2.24) is 19.6 Å². The van der Waals surface area contributed by atoms with Crippen LogP contribution in [0.5, 0.6) is 0 Å². The molecule has 1 aromatic rings. The smallest absolute Gasteiger partial charge is 0.333 e. The highest BCUT2D eigenvalue weighted by molar-refractivity contribution is 5.59. The number of nitro groups is 1. The van der Waals surface area contributed by atoms with Gasteiger partial charge in [0.15, 0.2) is 0 Å². The number of hydrogen-bond donors (Lipinski definition) is 1. The number of anilines is 1. The summed E-state index contributed by atoms with van der Waals surface area (Å²) < 4.78 is 1.59. The van der Waals surface area contributed by atoms with Gasteiger partial charge >= 0.3 is 5.69 Å². The van der Waals surface area contributed by atoms with E-state index in [2.05, 4.69) is 27.3 Å². The zero-order valence-corrected chi connectivity index (χ0v) is 14.9. The molecule has 0 unspecified atom stereocenters. The van der Waals surface area contributed by atoms with Gasteiger partial charge in [-0.05, 0) is 52.7 Å². The first-order valence-corrected chi connectivity index (χ1v) is 8.83. The first-order chi connectivity index (χ1) is 11.5. The molecule has 2 aliphatic rings. The van der Waals surface area contributed by atoms with Crippen LogP contribution in [0, 0.1) is 17.0 Å². The average molecular weight is 336 g/mol. The van der Waals surface area contributed by atoms with E-state index in [-0.39, 0.29) is 16.7 Å². The Balaban J connectivity index is 1.57. The summed E-state index contributed by atoms with van der Waals surface area (Å²) in [5.41, 5.74) is 0.573. The number of piperidine rings is 2. The zero-order valence-electron chi connectivity index (χ0n) is 14.9. The van der Waals surface area contributed by atoms with Gasteiger partial charge in [-0.25, -0.2) is 4.68 Å². The van der Waals surface area contributed by atoms with E-state index in [0.717, 1.165) is 25.9 Å². The van der Waals surface area contributed by atoms with Crippen molar-refractivity contribution in [2.24, 2.45) is 7.05 Å². The van der Waals surface area contributed by atoms with Crippen molar-refractivity contribution >= 4 is 11.5 Å². The van der Waals surface area contributed by atoms with Crippen LogP contribution >= 0.6 is 0 Å². The second-order valence-electron chi connectivity index (χ2n) is 7.15. The van der Waals surface area contributed by atoms with Gasteiger partial charge in [-0.3, -0.25) is 10.1 Å². The summed E-state index contributed by atoms with van der Waals surface area (Å²) in [5.74, 6) is 0.537. The molecule has 2 fully saturated rings. The minimum atomic E-state index is -0.335. The molecule has 2 aliphatic heterocycles. The lowest BCUT2D eigenvalue weighted by molar-refractivity contribution is -0.384. The number of rotatable bonds is 4. The van der Waals surface area contributed by atoms with Gasteiger partial charge in [0.2, 0.25) is 5.82 Å². The molecular formula is C16H28N6O2. The number of nitrogens with zero attached hydrogens (tertiary/aromatic N) is 5. The molecule has 0 aliphatic carbocycles. The molecule has 0 bridgehead atoms. The summed E-state index contributed by atoms with van der Waals surface area (Å²) in [5, 5.41) is 18.8. The SMILES string of the molecule is Cc1nn(C)c(NC2CCN(C3CCN(C)CC3)CC2)c1[N+](=O)[O-]. The molecule has 0 spiro atoms. The fourth-order valence-corrected chi connectivity index (χ4v) is 3.99. The van der Waals surface area contributed by atoms with Crippen molar-refractivity contribution < 1.29 is 4.92 Å². The molecule has 0 saturated carbocycles. The van der Waals surface area contributed by atoms with Crippen LogP contribution in [0.4, 0.5) is 11.5 Å². The molecule has 1 aromatic heterocycles. The first kappa shape index (κ1) is 17.2. The lowest BCUT2D eigenvalue weighted by Gasteiger charge is -2.41. The van der Waals surface area contributed by atoms with Crippen molar-refractivity contribution in [3.05, 3.63) is 15.8 Å². The minimum absolute atomic E-state index is 0.107. The standard InChI is InChI=1S/C16H28N6O2/c1-12-15(22(23)24)16(20(3)18-12)17-13-4-10-21(11-5-13)14-6-8-19(2)9-7-14/h13-14,17H,4-11H2,1-3H3. The van der Waals surface area contributed by atoms with Gasteiger partial charge < -0.3 is 15.1 Å². The molecule has 0 aromatic carbocycles. The molecule has 0 atom stereocenters. The first-order valence-electron chi connectivity index (χ1n) is 8.83. The van der Waals surface area contributed by atoms with Crippen molar-refractivity contribution in [2.75, 3.05) is 38.5 Å². The Morgan fingerprint density at radius 1 is 1.12 bits per heavy atom. The van der Waals surface area contributed by atoms with E-state index >= 15 is 0 Å². The van der Waals surface area contributed by atoms with E-state index in [1.165, 1.54) is 25.9 Å². The maximum absolute atomic E-state index is 11.3. The Morgan fingerprint density at radius 3 is 2.33 bits per heavy atom. The Bertz CT molecular complexity index is 586. The molecule has 8 nitrogen and oxygen atoms in total. The summed E-state index contributed by atoms with van der Waals surface area (Å²) in [7, 11) is 3.95. The number of aromatic nitrogens is 2. The molecule has 1 N–H and O–H groups in total. The van der Waals surface area contributed by atoms with Crippen LogP contribution in [0.1, 0.15) is 31.4 Å². The van der Waals surface area contributed by atoms with Crippen LogP contribution in [-0.2, 0) is 7.05 Å². The van der Waals surface area contributed by atoms with Crippen molar-refractivity contribution in [2.45, 2.75) is 44.7 Å². The van der Waals surface area contributed by atoms with Crippen LogP contribution < -0.4 is 5.32 Å². The predicted octanol–water partition coefficient (Wildman–Crippen LogP) is 1.61. The summed E-state index contributed by atoms with van der Waals surface area (Å²) in [4.78, 5) is 16.0. The largest absolute Gasteiger partial charge is 0.362 e. The van der Waals surface area contributed by atoms with Gasteiger partial charge in [-0.15, -0.1) is 0 Å². The summed E-state index contributed by atoms with van der Waals surface area (Å²) in [6, 6.07) is 0.983. The Morgan fingerprint density at radius 2 is 1.75 bits per heavy atom. The normalized spacial score (nSPS) is 22.0. The average Bonchev–Trinajstić information content (AvgIpc) is 2.83. The third-order valence-corrected chi connectivity index (χ3v) is 5.45. The highest BCUT2D eigenvalue weighted by atomic mass is 16.6. The lowest BCUT2D eigenvalue weighted by atomic mass is 9.98. The molecule has 3 heterocycles. The lowest BCUT2D eigenvalue weighted by Crippen LogP contribution is -2.48. The molecule has 0 amide bonds. The van der Waals surface area contributed by atoms with Gasteiger partial charge in [0.05, 0.1) is 4.92 Å². The third kappa shape index (κ3) is 3.54. The second-order valence-corrected chi connectivity index (χ2v) is 7.15. The van der Waals surface area contributed by atoms with E-state index in [9.17, 15) is 10.1 Å². The fraction of sp³-hybridized carbons (Fsp3) is 0.812. The molecule has 2 saturated heterocycles. The van der Waals surface area contributed by atoms with Gasteiger partial charge in [0.1, 0.15) is 5.69 Å². The predicted molar refractivity (Wildman–Crippen MR) is 93.3 cm³/mol. The fourth-order valence-electron chi connectivity index (χ4n) is 3.99. The Kier molecular flexibility index (Phi) is 5.05. The van der Waals surface area contributed by atoms with E-state index < -0.39 is 0 Å². The van der Waals surface area contributed by atoms with Gasteiger partial charge in [0.25, 0.3) is 0 Å². The second kappa shape index (κ2) is 7.06. The van der Waals surface area contributed by atoms with E-state index in [4.69, 9.17) is 0 Å². The van der Waals surface area contributed by atoms with E-state index in [0.29, 0.717) is 17.6 Å². The molecular weight excluding hydrogens is 308 g/mol. The van der Waals surface area contributed by atoms with Crippen molar-refractivity contribution in [3.8, 4) is 0 Å². The quantitative estimate of drug-likeness (QED) is 0.665. The molecule has 8 heteroatoms. The Labute approximate surface area is 142 Å².